The quantitative estimate of drug-likeness (QED) is 0.852. The molecule has 134 valence electrons. The maximum absolute atomic E-state index is 13.4. The average molecular weight is 345 g/mol. The first-order chi connectivity index (χ1) is 12.2. The number of anilines is 1. The molecule has 25 heavy (non-hydrogen) atoms. The Hall–Kier alpha value is -2.08. The number of hydrogen-bond donors (Lipinski definition) is 0. The van der Waals surface area contributed by atoms with Crippen LogP contribution in [-0.4, -0.2) is 43.3 Å². The van der Waals surface area contributed by atoms with E-state index in [4.69, 9.17) is 9.26 Å². The zero-order valence-electron chi connectivity index (χ0n) is 14.6. The van der Waals surface area contributed by atoms with Crippen LogP contribution in [0.5, 0.6) is 5.75 Å². The summed E-state index contributed by atoms with van der Waals surface area (Å²) in [6.07, 6.45) is 4.57. The summed E-state index contributed by atoms with van der Waals surface area (Å²) in [6.45, 7) is 4.53. The van der Waals surface area contributed by atoms with E-state index in [-0.39, 0.29) is 5.82 Å². The van der Waals surface area contributed by atoms with Gasteiger partial charge in [0.05, 0.1) is 12.8 Å². The SMILES string of the molecule is COc1cc(F)ccc1N1CCN(Cc2noc3c2CCCC3)CC1. The number of nitrogens with zero attached hydrogens (tertiary/aromatic N) is 3. The lowest BCUT2D eigenvalue weighted by Crippen LogP contribution is -2.46. The molecule has 1 aromatic carbocycles. The van der Waals surface area contributed by atoms with Crippen LogP contribution in [-0.2, 0) is 19.4 Å². The molecule has 0 radical (unpaired) electrons. The van der Waals surface area contributed by atoms with Crippen molar-refractivity contribution < 1.29 is 13.7 Å². The summed E-state index contributed by atoms with van der Waals surface area (Å²) in [4.78, 5) is 4.67. The number of aromatic nitrogens is 1. The van der Waals surface area contributed by atoms with Crippen LogP contribution in [0.25, 0.3) is 0 Å². The van der Waals surface area contributed by atoms with Gasteiger partial charge >= 0.3 is 0 Å². The van der Waals surface area contributed by atoms with Gasteiger partial charge in [-0.2, -0.15) is 0 Å². The van der Waals surface area contributed by atoms with Crippen molar-refractivity contribution in [2.75, 3.05) is 38.2 Å². The van der Waals surface area contributed by atoms with Gasteiger partial charge in [-0.25, -0.2) is 4.39 Å². The number of piperazine rings is 1. The van der Waals surface area contributed by atoms with Crippen molar-refractivity contribution in [3.63, 3.8) is 0 Å². The Morgan fingerprint density at radius 2 is 1.96 bits per heavy atom. The molecule has 2 heterocycles. The van der Waals surface area contributed by atoms with Crippen molar-refractivity contribution in [2.24, 2.45) is 0 Å². The molecule has 2 aromatic rings. The number of ether oxygens (including phenoxy) is 1. The van der Waals surface area contributed by atoms with Gasteiger partial charge in [-0.1, -0.05) is 5.16 Å². The van der Waals surface area contributed by atoms with Crippen molar-refractivity contribution in [3.8, 4) is 5.75 Å². The number of hydrogen-bond acceptors (Lipinski definition) is 5. The molecule has 6 heteroatoms. The Morgan fingerprint density at radius 1 is 1.16 bits per heavy atom. The predicted octanol–water partition coefficient (Wildman–Crippen LogP) is 3.02. The van der Waals surface area contributed by atoms with E-state index in [1.165, 1.54) is 30.5 Å². The molecule has 0 spiro atoms. The molecule has 5 nitrogen and oxygen atoms in total. The van der Waals surface area contributed by atoms with Gasteiger partial charge in [-0.15, -0.1) is 0 Å². The monoisotopic (exact) mass is 345 g/mol. The van der Waals surface area contributed by atoms with Crippen LogP contribution >= 0.6 is 0 Å². The molecule has 1 fully saturated rings. The first kappa shape index (κ1) is 16.4. The molecule has 0 bridgehead atoms. The van der Waals surface area contributed by atoms with E-state index in [0.29, 0.717) is 5.75 Å². The largest absolute Gasteiger partial charge is 0.494 e. The number of fused-ring (bicyclic) bond motifs is 1. The second-order valence-corrected chi connectivity index (χ2v) is 6.82. The second-order valence-electron chi connectivity index (χ2n) is 6.82. The Labute approximate surface area is 147 Å². The van der Waals surface area contributed by atoms with Gasteiger partial charge in [0.25, 0.3) is 0 Å². The van der Waals surface area contributed by atoms with Crippen LogP contribution in [0.15, 0.2) is 22.7 Å². The Kier molecular flexibility index (Phi) is 4.61. The molecule has 0 unspecified atom stereocenters. The maximum atomic E-state index is 13.4. The molecule has 0 atom stereocenters. The highest BCUT2D eigenvalue weighted by molar-refractivity contribution is 5.59. The molecular weight excluding hydrogens is 321 g/mol. The van der Waals surface area contributed by atoms with E-state index < -0.39 is 0 Å². The van der Waals surface area contributed by atoms with Gasteiger partial charge in [0.2, 0.25) is 0 Å². The Morgan fingerprint density at radius 3 is 2.76 bits per heavy atom. The van der Waals surface area contributed by atoms with Crippen LogP contribution in [0.4, 0.5) is 10.1 Å². The zero-order chi connectivity index (χ0) is 17.2. The first-order valence-electron chi connectivity index (χ1n) is 9.02. The molecule has 0 N–H and O–H groups in total. The van der Waals surface area contributed by atoms with Gasteiger partial charge in [0.1, 0.15) is 23.0 Å². The fourth-order valence-electron chi connectivity index (χ4n) is 3.84. The summed E-state index contributed by atoms with van der Waals surface area (Å²) in [7, 11) is 1.59. The highest BCUT2D eigenvalue weighted by atomic mass is 19.1. The van der Waals surface area contributed by atoms with Crippen molar-refractivity contribution in [3.05, 3.63) is 41.0 Å². The smallest absolute Gasteiger partial charge is 0.145 e. The minimum absolute atomic E-state index is 0.268. The lowest BCUT2D eigenvalue weighted by molar-refractivity contribution is 0.240. The van der Waals surface area contributed by atoms with Crippen LogP contribution in [0.2, 0.25) is 0 Å². The second kappa shape index (κ2) is 7.04. The van der Waals surface area contributed by atoms with Crippen LogP contribution in [0, 0.1) is 5.82 Å². The summed E-state index contributed by atoms with van der Waals surface area (Å²) in [5.41, 5.74) is 3.42. The molecule has 1 aliphatic heterocycles. The van der Waals surface area contributed by atoms with Gasteiger partial charge in [0.15, 0.2) is 0 Å². The van der Waals surface area contributed by atoms with Crippen LogP contribution in [0.3, 0.4) is 0 Å². The van der Waals surface area contributed by atoms with Gasteiger partial charge in [-0.3, -0.25) is 4.90 Å². The number of methoxy groups -OCH3 is 1. The third kappa shape index (κ3) is 3.35. The third-order valence-electron chi connectivity index (χ3n) is 5.26. The predicted molar refractivity (Wildman–Crippen MR) is 93.6 cm³/mol. The Bertz CT molecular complexity index is 738. The van der Waals surface area contributed by atoms with Crippen LogP contribution < -0.4 is 9.64 Å². The summed E-state index contributed by atoms with van der Waals surface area (Å²) in [5.74, 6) is 1.42. The van der Waals surface area contributed by atoms with E-state index in [1.807, 2.05) is 0 Å². The van der Waals surface area contributed by atoms with Crippen molar-refractivity contribution in [1.82, 2.24) is 10.1 Å². The number of aryl methyl sites for hydroxylation is 1. The molecule has 4 rings (SSSR count). The average Bonchev–Trinajstić information content (AvgIpc) is 3.05. The van der Waals surface area contributed by atoms with Crippen LogP contribution in [0.1, 0.15) is 29.9 Å². The summed E-state index contributed by atoms with van der Waals surface area (Å²) in [6, 6.07) is 4.74. The van der Waals surface area contributed by atoms with Crippen molar-refractivity contribution in [1.29, 1.82) is 0 Å². The summed E-state index contributed by atoms with van der Waals surface area (Å²) < 4.78 is 24.2. The fraction of sp³-hybridized carbons (Fsp3) is 0.526. The third-order valence-corrected chi connectivity index (χ3v) is 5.26. The minimum Gasteiger partial charge on any atom is -0.494 e. The number of halogens is 1. The lowest BCUT2D eigenvalue weighted by Gasteiger charge is -2.36. The van der Waals surface area contributed by atoms with E-state index in [9.17, 15) is 4.39 Å². The van der Waals surface area contributed by atoms with Gasteiger partial charge < -0.3 is 14.2 Å². The van der Waals surface area contributed by atoms with E-state index in [2.05, 4.69) is 15.0 Å². The molecular formula is C19H24FN3O2. The summed E-state index contributed by atoms with van der Waals surface area (Å²) >= 11 is 0. The molecule has 2 aliphatic rings. The standard InChI is InChI=1S/C19H24FN3O2/c1-24-19-12-14(20)6-7-17(19)23-10-8-22(9-11-23)13-16-15-4-2-3-5-18(15)25-21-16/h6-7,12H,2-5,8-11,13H2,1H3. The van der Waals surface area contributed by atoms with E-state index >= 15 is 0 Å². The highest BCUT2D eigenvalue weighted by Crippen LogP contribution is 2.30. The maximum Gasteiger partial charge on any atom is 0.145 e. The van der Waals surface area contributed by atoms with Gasteiger partial charge in [0, 0.05) is 50.8 Å². The topological polar surface area (TPSA) is 41.7 Å². The van der Waals surface area contributed by atoms with E-state index in [0.717, 1.165) is 62.7 Å². The summed E-state index contributed by atoms with van der Waals surface area (Å²) in [5, 5.41) is 4.31. The first-order valence-corrected chi connectivity index (χ1v) is 9.02. The Balaban J connectivity index is 1.40. The van der Waals surface area contributed by atoms with E-state index in [1.54, 1.807) is 13.2 Å². The normalized spacial score (nSPS) is 18.2. The molecule has 0 amide bonds. The number of benzene rings is 1. The molecule has 1 aromatic heterocycles. The molecule has 0 saturated carbocycles. The van der Waals surface area contributed by atoms with Gasteiger partial charge in [-0.05, 0) is 31.4 Å². The fourth-order valence-corrected chi connectivity index (χ4v) is 3.84. The number of rotatable bonds is 4. The van der Waals surface area contributed by atoms with Crippen molar-refractivity contribution in [2.45, 2.75) is 32.2 Å². The minimum atomic E-state index is -0.268. The molecule has 1 saturated heterocycles. The lowest BCUT2D eigenvalue weighted by atomic mass is 9.96. The zero-order valence-corrected chi connectivity index (χ0v) is 14.6. The molecule has 1 aliphatic carbocycles. The highest BCUT2D eigenvalue weighted by Gasteiger charge is 2.24. The van der Waals surface area contributed by atoms with Crippen molar-refractivity contribution >= 4 is 5.69 Å².